The second-order valence-electron chi connectivity index (χ2n) is 6.98. The molecule has 0 amide bonds. The van der Waals surface area contributed by atoms with E-state index in [0.717, 1.165) is 12.8 Å². The summed E-state index contributed by atoms with van der Waals surface area (Å²) in [5.41, 5.74) is 0.393. The summed E-state index contributed by atoms with van der Waals surface area (Å²) in [5, 5.41) is 0. The van der Waals surface area contributed by atoms with E-state index in [1.807, 2.05) is 0 Å². The largest absolute Gasteiger partial charge is 0.460 e. The lowest BCUT2D eigenvalue weighted by molar-refractivity contribution is -0.159. The molecule has 0 aliphatic heterocycles. The number of hydrogen-bond donors (Lipinski definition) is 0. The van der Waals surface area contributed by atoms with Crippen molar-refractivity contribution in [3.63, 3.8) is 0 Å². The van der Waals surface area contributed by atoms with E-state index in [-0.39, 0.29) is 22.9 Å². The van der Waals surface area contributed by atoms with Crippen molar-refractivity contribution in [2.24, 2.45) is 16.7 Å². The van der Waals surface area contributed by atoms with Gasteiger partial charge in [0.05, 0.1) is 0 Å². The van der Waals surface area contributed by atoms with Crippen molar-refractivity contribution in [2.75, 3.05) is 0 Å². The van der Waals surface area contributed by atoms with Gasteiger partial charge in [-0.05, 0) is 44.4 Å². The van der Waals surface area contributed by atoms with Gasteiger partial charge in [0.25, 0.3) is 0 Å². The van der Waals surface area contributed by atoms with E-state index >= 15 is 0 Å². The van der Waals surface area contributed by atoms with E-state index in [1.54, 1.807) is 13.8 Å². The van der Waals surface area contributed by atoms with Gasteiger partial charge in [-0.15, -0.1) is 11.6 Å². The van der Waals surface area contributed by atoms with Gasteiger partial charge in [-0.25, -0.2) is 0 Å². The fraction of sp³-hybridized carbons (Fsp3) is 0.929. The summed E-state index contributed by atoms with van der Waals surface area (Å²) in [6.45, 7) is 10.3. The molecule has 2 rings (SSSR count). The summed E-state index contributed by atoms with van der Waals surface area (Å²) in [5.74, 6) is 0.400. The van der Waals surface area contributed by atoms with E-state index in [4.69, 9.17) is 16.3 Å². The van der Waals surface area contributed by atoms with Crippen molar-refractivity contribution in [3.05, 3.63) is 0 Å². The molecule has 0 radical (unpaired) electrons. The lowest BCUT2D eigenvalue weighted by Gasteiger charge is -2.39. The fourth-order valence-electron chi connectivity index (χ4n) is 3.58. The molecular formula is C14H23ClO2. The number of fused-ring (bicyclic) bond motifs is 2. The molecule has 3 heteroatoms. The predicted octanol–water partition coefficient (Wildman–Crippen LogP) is 3.76. The molecule has 0 aromatic carbocycles. The molecule has 0 spiro atoms. The predicted molar refractivity (Wildman–Crippen MR) is 69.0 cm³/mol. The molecule has 0 N–H and O–H groups in total. The molecule has 2 aliphatic carbocycles. The highest BCUT2D eigenvalue weighted by Gasteiger charge is 2.63. The molecular weight excluding hydrogens is 236 g/mol. The lowest BCUT2D eigenvalue weighted by atomic mass is 9.70. The molecule has 98 valence electrons. The lowest BCUT2D eigenvalue weighted by Crippen LogP contribution is -2.41. The van der Waals surface area contributed by atoms with Crippen LogP contribution in [0.2, 0.25) is 0 Å². The van der Waals surface area contributed by atoms with Gasteiger partial charge >= 0.3 is 5.97 Å². The normalized spacial score (nSPS) is 39.4. The third kappa shape index (κ3) is 1.80. The minimum Gasteiger partial charge on any atom is -0.460 e. The van der Waals surface area contributed by atoms with E-state index in [1.165, 1.54) is 6.42 Å². The van der Waals surface area contributed by atoms with Gasteiger partial charge in [-0.3, -0.25) is 4.79 Å². The van der Waals surface area contributed by atoms with Crippen molar-refractivity contribution in [2.45, 2.75) is 64.9 Å². The Morgan fingerprint density at radius 2 is 1.94 bits per heavy atom. The molecule has 17 heavy (non-hydrogen) atoms. The Balaban J connectivity index is 2.14. The molecule has 2 aliphatic rings. The molecule has 0 aromatic heterocycles. The summed E-state index contributed by atoms with van der Waals surface area (Å²) in [4.78, 5) is 11.0. The zero-order chi connectivity index (χ0) is 13.1. The topological polar surface area (TPSA) is 26.3 Å². The molecule has 0 heterocycles. The van der Waals surface area contributed by atoms with E-state index in [0.29, 0.717) is 5.92 Å². The van der Waals surface area contributed by atoms with Crippen LogP contribution in [0, 0.1) is 16.7 Å². The summed E-state index contributed by atoms with van der Waals surface area (Å²) < 4.78 is 5.68. The quantitative estimate of drug-likeness (QED) is 0.557. The Morgan fingerprint density at radius 1 is 1.35 bits per heavy atom. The van der Waals surface area contributed by atoms with Gasteiger partial charge < -0.3 is 4.74 Å². The first-order valence-electron chi connectivity index (χ1n) is 6.49. The van der Waals surface area contributed by atoms with E-state index in [2.05, 4.69) is 20.8 Å². The van der Waals surface area contributed by atoms with E-state index in [9.17, 15) is 4.79 Å². The average Bonchev–Trinajstić information content (AvgIpc) is 2.49. The van der Waals surface area contributed by atoms with Crippen LogP contribution >= 0.6 is 11.6 Å². The highest BCUT2D eigenvalue weighted by atomic mass is 35.5. The molecule has 2 saturated carbocycles. The molecule has 0 saturated heterocycles. The summed E-state index contributed by atoms with van der Waals surface area (Å²) in [6.07, 6.45) is 3.47. The van der Waals surface area contributed by atoms with Gasteiger partial charge in [0.15, 0.2) is 0 Å². The highest BCUT2D eigenvalue weighted by molar-refractivity contribution is 6.33. The number of halogens is 1. The van der Waals surface area contributed by atoms with Crippen LogP contribution in [0.15, 0.2) is 0 Å². The maximum absolute atomic E-state index is 11.9. The van der Waals surface area contributed by atoms with Crippen LogP contribution in [0.25, 0.3) is 0 Å². The van der Waals surface area contributed by atoms with Crippen LogP contribution < -0.4 is 0 Å². The van der Waals surface area contributed by atoms with Crippen LogP contribution in [0.3, 0.4) is 0 Å². The standard InChI is InChI=1S/C14H23ClO2/c1-12(2)9-6-7-14(12,5)10(8-9)17-11(16)13(3,4)15/h9-10H,6-8H2,1-5H3/t9-,10+,14-/m1/s1. The molecule has 2 bridgehead atoms. The zero-order valence-electron chi connectivity index (χ0n) is 11.5. The first kappa shape index (κ1) is 13.2. The second kappa shape index (κ2) is 3.63. The molecule has 0 unspecified atom stereocenters. The third-order valence-electron chi connectivity index (χ3n) is 5.45. The minimum atomic E-state index is -0.914. The number of hydrogen-bond acceptors (Lipinski definition) is 2. The first-order valence-corrected chi connectivity index (χ1v) is 6.87. The van der Waals surface area contributed by atoms with Gasteiger partial charge in [-0.1, -0.05) is 20.8 Å². The molecule has 0 aromatic rings. The minimum absolute atomic E-state index is 0.0433. The van der Waals surface area contributed by atoms with Crippen molar-refractivity contribution < 1.29 is 9.53 Å². The van der Waals surface area contributed by atoms with Crippen LogP contribution in [-0.2, 0) is 9.53 Å². The fourth-order valence-corrected chi connectivity index (χ4v) is 3.62. The first-order chi connectivity index (χ1) is 7.59. The van der Waals surface area contributed by atoms with Crippen molar-refractivity contribution in [3.8, 4) is 0 Å². The number of ether oxygens (including phenoxy) is 1. The van der Waals surface area contributed by atoms with Crippen LogP contribution in [-0.4, -0.2) is 16.9 Å². The Hall–Kier alpha value is -0.240. The smallest absolute Gasteiger partial charge is 0.326 e. The maximum atomic E-state index is 11.9. The Bertz CT molecular complexity index is 343. The number of carbonyl (C=O) groups excluding carboxylic acids is 1. The van der Waals surface area contributed by atoms with Gasteiger partial charge in [0.1, 0.15) is 11.0 Å². The number of alkyl halides is 1. The third-order valence-corrected chi connectivity index (χ3v) is 5.60. The number of esters is 1. The van der Waals surface area contributed by atoms with Crippen molar-refractivity contribution in [1.82, 2.24) is 0 Å². The Kier molecular flexibility index (Phi) is 2.82. The Morgan fingerprint density at radius 3 is 2.29 bits per heavy atom. The maximum Gasteiger partial charge on any atom is 0.326 e. The van der Waals surface area contributed by atoms with Gasteiger partial charge in [0.2, 0.25) is 0 Å². The van der Waals surface area contributed by atoms with Gasteiger partial charge in [-0.2, -0.15) is 0 Å². The summed E-state index contributed by atoms with van der Waals surface area (Å²) in [7, 11) is 0. The Labute approximate surface area is 109 Å². The summed E-state index contributed by atoms with van der Waals surface area (Å²) in [6, 6.07) is 0. The molecule has 2 fully saturated rings. The molecule has 3 atom stereocenters. The van der Waals surface area contributed by atoms with Gasteiger partial charge in [0, 0.05) is 5.41 Å². The number of carbonyl (C=O) groups is 1. The second-order valence-corrected chi connectivity index (χ2v) is 7.92. The van der Waals surface area contributed by atoms with Crippen molar-refractivity contribution >= 4 is 17.6 Å². The van der Waals surface area contributed by atoms with Crippen molar-refractivity contribution in [1.29, 1.82) is 0 Å². The van der Waals surface area contributed by atoms with Crippen LogP contribution in [0.5, 0.6) is 0 Å². The van der Waals surface area contributed by atoms with E-state index < -0.39 is 4.87 Å². The highest BCUT2D eigenvalue weighted by Crippen LogP contribution is 2.66. The molecule has 2 nitrogen and oxygen atoms in total. The van der Waals surface area contributed by atoms with Crippen LogP contribution in [0.1, 0.15) is 53.9 Å². The summed E-state index contributed by atoms with van der Waals surface area (Å²) >= 11 is 6.01. The monoisotopic (exact) mass is 258 g/mol. The number of rotatable bonds is 2. The van der Waals surface area contributed by atoms with Crippen LogP contribution in [0.4, 0.5) is 0 Å². The SMILES string of the molecule is CC(C)(Cl)C(=O)O[C@H]1C[C@H]2CC[C@@]1(C)C2(C)C. The zero-order valence-corrected chi connectivity index (χ0v) is 12.2. The average molecular weight is 259 g/mol.